The first-order chi connectivity index (χ1) is 10.3. The van der Waals surface area contributed by atoms with Gasteiger partial charge in [-0.05, 0) is 18.9 Å². The number of aliphatic carboxylic acids is 1. The minimum Gasteiger partial charge on any atom is -0.479 e. The highest BCUT2D eigenvalue weighted by Crippen LogP contribution is 2.14. The first-order valence-corrected chi connectivity index (χ1v) is 8.72. The van der Waals surface area contributed by atoms with Crippen molar-refractivity contribution in [3.8, 4) is 0 Å². The number of hydrogen-bond acceptors (Lipinski definition) is 2. The van der Waals surface area contributed by atoms with Crippen LogP contribution in [0.5, 0.6) is 0 Å². The van der Waals surface area contributed by atoms with Crippen molar-refractivity contribution in [1.29, 1.82) is 0 Å². The highest BCUT2D eigenvalue weighted by molar-refractivity contribution is 6.21. The van der Waals surface area contributed by atoms with Gasteiger partial charge in [0.15, 0.2) is 6.04 Å². The van der Waals surface area contributed by atoms with Crippen molar-refractivity contribution in [1.82, 2.24) is 0 Å². The van der Waals surface area contributed by atoms with Crippen molar-refractivity contribution in [3.05, 3.63) is 12.2 Å². The zero-order valence-corrected chi connectivity index (χ0v) is 13.5. The van der Waals surface area contributed by atoms with Gasteiger partial charge in [-0.3, -0.25) is 4.99 Å². The van der Waals surface area contributed by atoms with E-state index in [9.17, 15) is 4.79 Å². The fraction of sp³-hybridized carbons (Fsp3) is 0.778. The Morgan fingerprint density at radius 1 is 1.00 bits per heavy atom. The number of aliphatic imine (C=N–C) groups is 1. The van der Waals surface area contributed by atoms with E-state index in [4.69, 9.17) is 5.11 Å². The van der Waals surface area contributed by atoms with Crippen LogP contribution in [0.1, 0.15) is 84.0 Å². The Kier molecular flexibility index (Phi) is 9.84. The van der Waals surface area contributed by atoms with Crippen LogP contribution in [0.3, 0.4) is 0 Å². The SMILES string of the molecule is CCCCCCCCCCCCC/C=C/C1=N[C@H]1C(=O)O. The molecule has 0 aromatic rings. The molecule has 0 fully saturated rings. The minimum atomic E-state index is -0.829. The quantitative estimate of drug-likeness (QED) is 0.450. The van der Waals surface area contributed by atoms with Crippen LogP contribution >= 0.6 is 0 Å². The average molecular weight is 293 g/mol. The lowest BCUT2D eigenvalue weighted by atomic mass is 10.1. The maximum Gasteiger partial charge on any atom is 0.334 e. The van der Waals surface area contributed by atoms with Crippen LogP contribution in [0, 0.1) is 0 Å². The highest BCUT2D eigenvalue weighted by atomic mass is 16.4. The molecular formula is C18H31NO2. The number of hydrogen-bond donors (Lipinski definition) is 1. The van der Waals surface area contributed by atoms with E-state index in [0.717, 1.165) is 12.1 Å². The number of unbranched alkanes of at least 4 members (excludes halogenated alkanes) is 11. The van der Waals surface area contributed by atoms with Crippen molar-refractivity contribution in [3.63, 3.8) is 0 Å². The summed E-state index contributed by atoms with van der Waals surface area (Å²) in [5.74, 6) is -0.829. The van der Waals surface area contributed by atoms with Crippen molar-refractivity contribution >= 4 is 11.7 Å². The molecule has 1 aliphatic rings. The average Bonchev–Trinajstić information content (AvgIpc) is 3.24. The van der Waals surface area contributed by atoms with Gasteiger partial charge in [-0.2, -0.15) is 0 Å². The molecule has 1 rings (SSSR count). The van der Waals surface area contributed by atoms with Gasteiger partial charge < -0.3 is 5.11 Å². The van der Waals surface area contributed by atoms with Gasteiger partial charge in [0.2, 0.25) is 0 Å². The summed E-state index contributed by atoms with van der Waals surface area (Å²) in [4.78, 5) is 14.4. The van der Waals surface area contributed by atoms with Gasteiger partial charge in [-0.25, -0.2) is 4.79 Å². The van der Waals surface area contributed by atoms with Crippen LogP contribution < -0.4 is 0 Å². The summed E-state index contributed by atoms with van der Waals surface area (Å²) in [7, 11) is 0. The lowest BCUT2D eigenvalue weighted by molar-refractivity contribution is -0.135. The van der Waals surface area contributed by atoms with Gasteiger partial charge in [-0.1, -0.05) is 77.2 Å². The third-order valence-corrected chi connectivity index (χ3v) is 3.99. The second kappa shape index (κ2) is 11.5. The summed E-state index contributed by atoms with van der Waals surface area (Å²) in [6.07, 6.45) is 19.9. The summed E-state index contributed by atoms with van der Waals surface area (Å²) in [5.41, 5.74) is 0.727. The molecule has 0 radical (unpaired) electrons. The minimum absolute atomic E-state index is 0.543. The van der Waals surface area contributed by atoms with E-state index < -0.39 is 12.0 Å². The van der Waals surface area contributed by atoms with E-state index in [1.54, 1.807) is 0 Å². The van der Waals surface area contributed by atoms with E-state index in [2.05, 4.69) is 18.0 Å². The molecule has 0 bridgehead atoms. The fourth-order valence-electron chi connectivity index (χ4n) is 2.56. The van der Waals surface area contributed by atoms with Crippen molar-refractivity contribution < 1.29 is 9.90 Å². The van der Waals surface area contributed by atoms with Crippen molar-refractivity contribution in [2.24, 2.45) is 4.99 Å². The van der Waals surface area contributed by atoms with Crippen molar-refractivity contribution in [2.45, 2.75) is 90.0 Å². The van der Waals surface area contributed by atoms with Gasteiger partial charge in [0.25, 0.3) is 0 Å². The Morgan fingerprint density at radius 3 is 2.00 bits per heavy atom. The van der Waals surface area contributed by atoms with Gasteiger partial charge in [0.1, 0.15) is 0 Å². The summed E-state index contributed by atoms with van der Waals surface area (Å²) < 4.78 is 0. The van der Waals surface area contributed by atoms with Crippen LogP contribution in [-0.4, -0.2) is 22.8 Å². The molecule has 0 spiro atoms. The second-order valence-electron chi connectivity index (χ2n) is 6.02. The monoisotopic (exact) mass is 293 g/mol. The number of carbonyl (C=O) groups is 1. The van der Waals surface area contributed by atoms with E-state index in [0.29, 0.717) is 0 Å². The lowest BCUT2D eigenvalue weighted by Gasteiger charge is -2.01. The molecule has 0 saturated carbocycles. The molecular weight excluding hydrogens is 262 g/mol. The predicted molar refractivity (Wildman–Crippen MR) is 89.1 cm³/mol. The van der Waals surface area contributed by atoms with Gasteiger partial charge in [-0.15, -0.1) is 0 Å². The molecule has 120 valence electrons. The zero-order valence-electron chi connectivity index (χ0n) is 13.5. The van der Waals surface area contributed by atoms with Gasteiger partial charge >= 0.3 is 5.97 Å². The number of allylic oxidation sites excluding steroid dienone is 1. The van der Waals surface area contributed by atoms with Crippen LogP contribution in [0.2, 0.25) is 0 Å². The number of nitrogens with zero attached hydrogens (tertiary/aromatic N) is 1. The van der Waals surface area contributed by atoms with E-state index in [-0.39, 0.29) is 0 Å². The molecule has 0 amide bonds. The molecule has 1 atom stereocenters. The number of rotatable bonds is 14. The maximum atomic E-state index is 10.6. The van der Waals surface area contributed by atoms with E-state index in [1.165, 1.54) is 70.6 Å². The largest absolute Gasteiger partial charge is 0.479 e. The predicted octanol–water partition coefficient (Wildman–Crippen LogP) is 5.15. The number of carboxylic acids is 1. The Balaban J connectivity index is 1.76. The smallest absolute Gasteiger partial charge is 0.334 e. The molecule has 3 nitrogen and oxygen atoms in total. The van der Waals surface area contributed by atoms with Crippen molar-refractivity contribution in [2.75, 3.05) is 0 Å². The molecule has 1 N–H and O–H groups in total. The van der Waals surface area contributed by atoms with Crippen LogP contribution in [-0.2, 0) is 4.79 Å². The van der Waals surface area contributed by atoms with Crippen LogP contribution in [0.15, 0.2) is 17.1 Å². The van der Waals surface area contributed by atoms with E-state index >= 15 is 0 Å². The highest BCUT2D eigenvalue weighted by Gasteiger charge is 2.32. The molecule has 0 aromatic heterocycles. The molecule has 21 heavy (non-hydrogen) atoms. The molecule has 0 saturated heterocycles. The Labute approximate surface area is 129 Å². The van der Waals surface area contributed by atoms with Gasteiger partial charge in [0, 0.05) is 0 Å². The molecule has 0 aliphatic carbocycles. The first-order valence-electron chi connectivity index (χ1n) is 8.72. The summed E-state index contributed by atoms with van der Waals surface area (Å²) >= 11 is 0. The Hall–Kier alpha value is -1.12. The van der Waals surface area contributed by atoms with Crippen LogP contribution in [0.4, 0.5) is 0 Å². The molecule has 1 heterocycles. The van der Waals surface area contributed by atoms with E-state index in [1.807, 2.05) is 6.08 Å². The summed E-state index contributed by atoms with van der Waals surface area (Å²) in [5, 5.41) is 8.68. The second-order valence-corrected chi connectivity index (χ2v) is 6.02. The topological polar surface area (TPSA) is 49.7 Å². The van der Waals surface area contributed by atoms with Crippen LogP contribution in [0.25, 0.3) is 0 Å². The lowest BCUT2D eigenvalue weighted by Crippen LogP contribution is -2.09. The normalized spacial score (nSPS) is 17.2. The first kappa shape index (κ1) is 17.9. The third-order valence-electron chi connectivity index (χ3n) is 3.99. The Bertz CT molecular complexity index is 347. The molecule has 0 unspecified atom stereocenters. The third kappa shape index (κ3) is 9.43. The molecule has 1 aliphatic heterocycles. The maximum absolute atomic E-state index is 10.6. The molecule has 3 heteroatoms. The number of carboxylic acid groups (broad SMARTS) is 1. The summed E-state index contributed by atoms with van der Waals surface area (Å²) in [6.45, 7) is 2.26. The fourth-order valence-corrected chi connectivity index (χ4v) is 2.56. The zero-order chi connectivity index (χ0) is 15.3. The molecule has 0 aromatic carbocycles. The summed E-state index contributed by atoms with van der Waals surface area (Å²) in [6, 6.07) is -0.543. The standard InChI is InChI=1S/C18H31NO2/c1-2-3-4-5-6-7-8-9-10-11-12-13-14-15-16-17(19-16)18(20)21/h14-15,17H,2-13H2,1H3,(H,20,21)/b15-14+/t17-/m1/s1. The Morgan fingerprint density at radius 2 is 1.52 bits per heavy atom. The van der Waals surface area contributed by atoms with Gasteiger partial charge in [0.05, 0.1) is 5.71 Å².